The molecule has 21 heavy (non-hydrogen) atoms. The first-order chi connectivity index (χ1) is 10.2. The summed E-state index contributed by atoms with van der Waals surface area (Å²) >= 11 is 0. The largest absolute Gasteiger partial charge is 0.506 e. The Hall–Kier alpha value is -2.10. The smallest absolute Gasteiger partial charge is 0.257 e. The van der Waals surface area contributed by atoms with Crippen LogP contribution in [-0.2, 0) is 0 Å². The summed E-state index contributed by atoms with van der Waals surface area (Å²) < 4.78 is 12.6. The third kappa shape index (κ3) is 1.82. The topological polar surface area (TPSA) is 40.5 Å². The van der Waals surface area contributed by atoms with Crippen molar-refractivity contribution in [2.45, 2.75) is 0 Å². The number of amides is 1. The molecule has 1 aliphatic heterocycles. The molecule has 3 nitrogen and oxygen atoms in total. The van der Waals surface area contributed by atoms with E-state index in [1.807, 2.05) is 30.3 Å². The standard InChI is InChI=1S/C17H16FNO2/c18-7-13-14-8-19(9-15(13)14)17(21)12-6-5-10-3-1-2-4-11(10)16(12)20/h1-6,13-15,20H,7-9H2/t13?,14-,15+. The first-order valence-corrected chi connectivity index (χ1v) is 7.26. The van der Waals surface area contributed by atoms with Crippen LogP contribution < -0.4 is 0 Å². The van der Waals surface area contributed by atoms with E-state index in [-0.39, 0.29) is 24.2 Å². The highest BCUT2D eigenvalue weighted by Gasteiger charge is 2.56. The fourth-order valence-electron chi connectivity index (χ4n) is 3.64. The predicted octanol–water partition coefficient (Wildman–Crippen LogP) is 2.83. The summed E-state index contributed by atoms with van der Waals surface area (Å²) in [6, 6.07) is 11.0. The number of phenols is 1. The third-order valence-electron chi connectivity index (χ3n) is 4.97. The van der Waals surface area contributed by atoms with Crippen molar-refractivity contribution < 1.29 is 14.3 Å². The molecule has 4 heteroatoms. The summed E-state index contributed by atoms with van der Waals surface area (Å²) in [6.45, 7) is 0.952. The number of benzene rings is 2. The molecule has 1 amide bonds. The van der Waals surface area contributed by atoms with E-state index in [0.717, 1.165) is 5.39 Å². The summed E-state index contributed by atoms with van der Waals surface area (Å²) in [7, 11) is 0. The molecular formula is C17H16FNO2. The number of fused-ring (bicyclic) bond motifs is 2. The number of aromatic hydroxyl groups is 1. The molecule has 2 fully saturated rings. The first-order valence-electron chi connectivity index (χ1n) is 7.26. The van der Waals surface area contributed by atoms with Crippen molar-refractivity contribution in [3.8, 4) is 5.75 Å². The fraction of sp³-hybridized carbons (Fsp3) is 0.353. The predicted molar refractivity (Wildman–Crippen MR) is 78.0 cm³/mol. The molecule has 1 saturated heterocycles. The molecule has 2 aromatic rings. The maximum absolute atomic E-state index is 12.6. The number of phenolic OH excluding ortho intramolecular Hbond substituents is 1. The van der Waals surface area contributed by atoms with Gasteiger partial charge in [-0.15, -0.1) is 0 Å². The van der Waals surface area contributed by atoms with E-state index in [9.17, 15) is 14.3 Å². The van der Waals surface area contributed by atoms with Crippen molar-refractivity contribution in [3.63, 3.8) is 0 Å². The van der Waals surface area contributed by atoms with Crippen molar-refractivity contribution in [1.82, 2.24) is 4.90 Å². The van der Waals surface area contributed by atoms with Crippen LogP contribution in [0.2, 0.25) is 0 Å². The Morgan fingerprint density at radius 1 is 1.19 bits per heavy atom. The molecule has 4 rings (SSSR count). The monoisotopic (exact) mass is 285 g/mol. The molecule has 3 atom stereocenters. The van der Waals surface area contributed by atoms with Crippen LogP contribution in [-0.4, -0.2) is 35.7 Å². The number of rotatable bonds is 2. The molecule has 2 aromatic carbocycles. The van der Waals surface area contributed by atoms with Crippen molar-refractivity contribution in [3.05, 3.63) is 42.0 Å². The average Bonchev–Trinajstić information content (AvgIpc) is 2.98. The van der Waals surface area contributed by atoms with Crippen LogP contribution in [0.5, 0.6) is 5.75 Å². The van der Waals surface area contributed by atoms with E-state index in [1.165, 1.54) is 0 Å². The zero-order chi connectivity index (χ0) is 14.6. The summed E-state index contributed by atoms with van der Waals surface area (Å²) in [5, 5.41) is 11.9. The van der Waals surface area contributed by atoms with Gasteiger partial charge in [0.05, 0.1) is 12.2 Å². The van der Waals surface area contributed by atoms with E-state index in [1.54, 1.807) is 11.0 Å². The molecule has 0 radical (unpaired) electrons. The summed E-state index contributed by atoms with van der Waals surface area (Å²) in [5.41, 5.74) is 0.340. The zero-order valence-corrected chi connectivity index (χ0v) is 11.5. The zero-order valence-electron chi connectivity index (χ0n) is 11.5. The van der Waals surface area contributed by atoms with Gasteiger partial charge in [0.1, 0.15) is 5.75 Å². The fourth-order valence-corrected chi connectivity index (χ4v) is 3.64. The van der Waals surface area contributed by atoms with Crippen LogP contribution in [0.15, 0.2) is 36.4 Å². The lowest BCUT2D eigenvalue weighted by Gasteiger charge is -2.20. The van der Waals surface area contributed by atoms with E-state index >= 15 is 0 Å². The second-order valence-corrected chi connectivity index (χ2v) is 6.04. The molecule has 0 bridgehead atoms. The lowest BCUT2D eigenvalue weighted by molar-refractivity contribution is 0.0762. The van der Waals surface area contributed by atoms with E-state index in [2.05, 4.69) is 0 Å². The van der Waals surface area contributed by atoms with Gasteiger partial charge in [-0.2, -0.15) is 0 Å². The van der Waals surface area contributed by atoms with Gasteiger partial charge < -0.3 is 10.0 Å². The normalized spacial score (nSPS) is 26.9. The van der Waals surface area contributed by atoms with Crippen LogP contribution in [0.3, 0.4) is 0 Å². The van der Waals surface area contributed by atoms with E-state index in [4.69, 9.17) is 0 Å². The highest BCUT2D eigenvalue weighted by molar-refractivity contribution is 6.03. The van der Waals surface area contributed by atoms with Gasteiger partial charge in [0.15, 0.2) is 0 Å². The Morgan fingerprint density at radius 3 is 2.62 bits per heavy atom. The van der Waals surface area contributed by atoms with Crippen LogP contribution in [0.4, 0.5) is 4.39 Å². The number of piperidine rings is 1. The lowest BCUT2D eigenvalue weighted by Crippen LogP contribution is -2.31. The second-order valence-electron chi connectivity index (χ2n) is 6.04. The Kier molecular flexibility index (Phi) is 2.67. The Morgan fingerprint density at radius 2 is 1.90 bits per heavy atom. The number of carbonyl (C=O) groups excluding carboxylic acids is 1. The second kappa shape index (κ2) is 4.45. The van der Waals surface area contributed by atoms with E-state index < -0.39 is 0 Å². The highest BCUT2D eigenvalue weighted by Crippen LogP contribution is 2.52. The number of halogens is 1. The van der Waals surface area contributed by atoms with Gasteiger partial charge >= 0.3 is 0 Å². The Labute approximate surface area is 122 Å². The molecule has 0 spiro atoms. The number of nitrogens with zero attached hydrogens (tertiary/aromatic N) is 1. The van der Waals surface area contributed by atoms with Gasteiger partial charge in [0, 0.05) is 18.5 Å². The van der Waals surface area contributed by atoms with Crippen LogP contribution >= 0.6 is 0 Å². The lowest BCUT2D eigenvalue weighted by atomic mass is 10.0. The minimum Gasteiger partial charge on any atom is -0.506 e. The quantitative estimate of drug-likeness (QED) is 0.921. The Bertz CT molecular complexity index is 718. The summed E-state index contributed by atoms with van der Waals surface area (Å²) in [4.78, 5) is 14.3. The van der Waals surface area contributed by atoms with Gasteiger partial charge in [-0.1, -0.05) is 30.3 Å². The Balaban J connectivity index is 1.62. The van der Waals surface area contributed by atoms with Crippen molar-refractivity contribution in [2.24, 2.45) is 17.8 Å². The molecule has 108 valence electrons. The molecule has 1 N–H and O–H groups in total. The van der Waals surface area contributed by atoms with Gasteiger partial charge in [0.2, 0.25) is 0 Å². The van der Waals surface area contributed by atoms with Gasteiger partial charge in [0.25, 0.3) is 5.91 Å². The third-order valence-corrected chi connectivity index (χ3v) is 4.97. The molecule has 0 aromatic heterocycles. The summed E-state index contributed by atoms with van der Waals surface area (Å²) in [5.74, 6) is 0.686. The molecule has 1 heterocycles. The van der Waals surface area contributed by atoms with Gasteiger partial charge in [-0.25, -0.2) is 0 Å². The van der Waals surface area contributed by atoms with Gasteiger partial charge in [-0.05, 0) is 29.2 Å². The number of hydrogen-bond acceptors (Lipinski definition) is 2. The van der Waals surface area contributed by atoms with Crippen molar-refractivity contribution >= 4 is 16.7 Å². The van der Waals surface area contributed by atoms with Crippen molar-refractivity contribution in [2.75, 3.05) is 19.8 Å². The summed E-state index contributed by atoms with van der Waals surface area (Å²) in [6.07, 6.45) is 0. The minimum atomic E-state index is -0.279. The maximum Gasteiger partial charge on any atom is 0.257 e. The molecule has 1 aliphatic carbocycles. The van der Waals surface area contributed by atoms with Crippen LogP contribution in [0, 0.1) is 17.8 Å². The maximum atomic E-state index is 12.6. The number of likely N-dealkylation sites (tertiary alicyclic amines) is 1. The van der Waals surface area contributed by atoms with Crippen LogP contribution in [0.1, 0.15) is 10.4 Å². The highest BCUT2D eigenvalue weighted by atomic mass is 19.1. The molecule has 2 aliphatic rings. The first kappa shape index (κ1) is 12.6. The molecular weight excluding hydrogens is 269 g/mol. The molecule has 1 saturated carbocycles. The van der Waals surface area contributed by atoms with Crippen LogP contribution in [0.25, 0.3) is 10.8 Å². The number of carbonyl (C=O) groups is 1. The van der Waals surface area contributed by atoms with Crippen molar-refractivity contribution in [1.29, 1.82) is 0 Å². The minimum absolute atomic E-state index is 0.0423. The van der Waals surface area contributed by atoms with E-state index in [0.29, 0.717) is 35.9 Å². The number of hydrogen-bond donors (Lipinski definition) is 1. The number of alkyl halides is 1. The molecule has 1 unspecified atom stereocenters. The van der Waals surface area contributed by atoms with Gasteiger partial charge in [-0.3, -0.25) is 9.18 Å². The average molecular weight is 285 g/mol. The SMILES string of the molecule is O=C(c1ccc2ccccc2c1O)N1C[C@@H]2C(CF)[C@@H]2C1.